The van der Waals surface area contributed by atoms with Crippen LogP contribution in [0.4, 0.5) is 0 Å². The Balaban J connectivity index is 3.22. The maximum Gasteiger partial charge on any atom is 0.392 e. The Morgan fingerprint density at radius 2 is 2.06 bits per heavy atom. The standard InChI is InChI=1S/C13H12N2O2/c1-13(2,17)8-7-10-5-3-4-6-11(10)12(16)9-15-14/h3-6,9,17H,1-2H3/p+1/b12-9-. The van der Waals surface area contributed by atoms with Crippen molar-refractivity contribution < 1.29 is 10.2 Å². The SMILES string of the molecule is CC(C)(O)C#Cc1ccccc1/C(O)=C/[N+]#N. The Hall–Kier alpha value is -2.30. The highest BCUT2D eigenvalue weighted by molar-refractivity contribution is 5.66. The lowest BCUT2D eigenvalue weighted by Crippen LogP contribution is -2.14. The summed E-state index contributed by atoms with van der Waals surface area (Å²) in [5.74, 6) is 5.23. The molecule has 0 saturated heterocycles. The highest BCUT2D eigenvalue weighted by Crippen LogP contribution is 2.16. The zero-order chi connectivity index (χ0) is 12.9. The molecule has 86 valence electrons. The minimum atomic E-state index is -1.10. The van der Waals surface area contributed by atoms with E-state index in [4.69, 9.17) is 5.39 Å². The summed E-state index contributed by atoms with van der Waals surface area (Å²) < 4.78 is 0. The average Bonchev–Trinajstić information content (AvgIpc) is 2.26. The maximum atomic E-state index is 9.61. The molecule has 0 aliphatic rings. The van der Waals surface area contributed by atoms with Crippen LogP contribution in [0.1, 0.15) is 25.0 Å². The van der Waals surface area contributed by atoms with E-state index < -0.39 is 5.60 Å². The molecule has 0 amide bonds. The fourth-order valence-corrected chi connectivity index (χ4v) is 1.16. The van der Waals surface area contributed by atoms with Crippen LogP contribution in [-0.4, -0.2) is 15.8 Å². The number of diazo groups is 1. The third-order valence-corrected chi connectivity index (χ3v) is 1.89. The monoisotopic (exact) mass is 229 g/mol. The van der Waals surface area contributed by atoms with Crippen LogP contribution < -0.4 is 0 Å². The number of hydrogen-bond donors (Lipinski definition) is 2. The van der Waals surface area contributed by atoms with Crippen molar-refractivity contribution in [3.8, 4) is 11.8 Å². The molecule has 1 rings (SSSR count). The van der Waals surface area contributed by atoms with Gasteiger partial charge in [-0.15, -0.1) is 0 Å². The lowest BCUT2D eigenvalue weighted by molar-refractivity contribution is 0.143. The van der Waals surface area contributed by atoms with Crippen LogP contribution in [0.2, 0.25) is 0 Å². The first-order chi connectivity index (χ1) is 7.94. The molecule has 0 fully saturated rings. The molecule has 0 aliphatic carbocycles. The molecule has 1 aromatic carbocycles. The average molecular weight is 229 g/mol. The van der Waals surface area contributed by atoms with Gasteiger partial charge in [0.15, 0.2) is 4.98 Å². The Bertz CT molecular complexity index is 537. The molecule has 0 saturated carbocycles. The molecule has 0 heterocycles. The number of aliphatic hydroxyl groups excluding tert-OH is 1. The van der Waals surface area contributed by atoms with Gasteiger partial charge in [-0.25, -0.2) is 0 Å². The highest BCUT2D eigenvalue weighted by atomic mass is 16.3. The van der Waals surface area contributed by atoms with Gasteiger partial charge in [-0.3, -0.25) is 0 Å². The van der Waals surface area contributed by atoms with E-state index in [2.05, 4.69) is 16.8 Å². The first-order valence-corrected chi connectivity index (χ1v) is 5.02. The Kier molecular flexibility index (Phi) is 3.87. The van der Waals surface area contributed by atoms with Gasteiger partial charge in [0, 0.05) is 11.1 Å². The maximum absolute atomic E-state index is 9.61. The van der Waals surface area contributed by atoms with E-state index >= 15 is 0 Å². The number of hydrogen-bond acceptors (Lipinski definition) is 3. The molecule has 4 nitrogen and oxygen atoms in total. The van der Waals surface area contributed by atoms with Crippen LogP contribution >= 0.6 is 0 Å². The number of nitrogens with zero attached hydrogens (tertiary/aromatic N) is 2. The Morgan fingerprint density at radius 3 is 2.65 bits per heavy atom. The van der Waals surface area contributed by atoms with Crippen molar-refractivity contribution in [1.29, 1.82) is 5.39 Å². The molecular weight excluding hydrogens is 216 g/mol. The zero-order valence-electron chi connectivity index (χ0n) is 9.68. The minimum absolute atomic E-state index is 0.187. The normalized spacial score (nSPS) is 11.3. The van der Waals surface area contributed by atoms with Crippen molar-refractivity contribution in [2.24, 2.45) is 0 Å². The third kappa shape index (κ3) is 3.98. The topological polar surface area (TPSA) is 68.6 Å². The van der Waals surface area contributed by atoms with E-state index in [1.807, 2.05) is 0 Å². The minimum Gasteiger partial charge on any atom is -0.501 e. The van der Waals surface area contributed by atoms with Crippen molar-refractivity contribution in [1.82, 2.24) is 0 Å². The molecular formula is C13H13N2O2+. The van der Waals surface area contributed by atoms with Crippen LogP contribution in [0.3, 0.4) is 0 Å². The molecule has 0 atom stereocenters. The van der Waals surface area contributed by atoms with Gasteiger partial charge in [0.2, 0.25) is 11.2 Å². The van der Waals surface area contributed by atoms with Gasteiger partial charge >= 0.3 is 6.20 Å². The smallest absolute Gasteiger partial charge is 0.392 e. The lowest BCUT2D eigenvalue weighted by atomic mass is 10.0. The fraction of sp³-hybridized carbons (Fsp3) is 0.231. The molecule has 0 aliphatic heterocycles. The van der Waals surface area contributed by atoms with Gasteiger partial charge in [-0.05, 0) is 26.0 Å². The van der Waals surface area contributed by atoms with E-state index in [0.29, 0.717) is 11.1 Å². The van der Waals surface area contributed by atoms with Crippen LogP contribution in [0.25, 0.3) is 10.7 Å². The molecule has 0 bridgehead atoms. The molecule has 0 spiro atoms. The van der Waals surface area contributed by atoms with Gasteiger partial charge in [0.25, 0.3) is 0 Å². The summed E-state index contributed by atoms with van der Waals surface area (Å²) in [6.45, 7) is 3.14. The van der Waals surface area contributed by atoms with E-state index in [1.54, 1.807) is 38.1 Å². The largest absolute Gasteiger partial charge is 0.501 e. The first kappa shape index (κ1) is 12.8. The molecule has 0 radical (unpaired) electrons. The Morgan fingerprint density at radius 1 is 1.41 bits per heavy atom. The molecule has 4 heteroatoms. The fourth-order valence-electron chi connectivity index (χ4n) is 1.16. The van der Waals surface area contributed by atoms with Gasteiger partial charge in [-0.2, -0.15) is 0 Å². The van der Waals surface area contributed by atoms with Gasteiger partial charge in [-0.1, -0.05) is 24.0 Å². The van der Waals surface area contributed by atoms with Gasteiger partial charge in [0.05, 0.1) is 0 Å². The molecule has 0 unspecified atom stereocenters. The number of rotatable bonds is 1. The zero-order valence-corrected chi connectivity index (χ0v) is 9.68. The summed E-state index contributed by atoms with van der Waals surface area (Å²) in [6, 6.07) is 6.84. The van der Waals surface area contributed by atoms with E-state index in [1.165, 1.54) is 0 Å². The second-order valence-corrected chi connectivity index (χ2v) is 3.98. The molecule has 17 heavy (non-hydrogen) atoms. The van der Waals surface area contributed by atoms with Crippen molar-refractivity contribution in [3.63, 3.8) is 0 Å². The van der Waals surface area contributed by atoms with Crippen molar-refractivity contribution in [2.45, 2.75) is 19.4 Å². The predicted molar refractivity (Wildman–Crippen MR) is 65.3 cm³/mol. The highest BCUT2D eigenvalue weighted by Gasteiger charge is 2.10. The molecule has 1 aromatic rings. The van der Waals surface area contributed by atoms with E-state index in [-0.39, 0.29) is 5.76 Å². The summed E-state index contributed by atoms with van der Waals surface area (Å²) in [6.07, 6.45) is 0.921. The van der Waals surface area contributed by atoms with Gasteiger partial charge < -0.3 is 10.2 Å². The number of benzene rings is 1. The van der Waals surface area contributed by atoms with Crippen molar-refractivity contribution >= 4 is 5.76 Å². The summed E-state index contributed by atoms with van der Waals surface area (Å²) >= 11 is 0. The van der Waals surface area contributed by atoms with Gasteiger partial charge in [0.1, 0.15) is 5.60 Å². The summed E-state index contributed by atoms with van der Waals surface area (Å²) in [5.41, 5.74) is -0.109. The second-order valence-electron chi connectivity index (χ2n) is 3.98. The lowest BCUT2D eigenvalue weighted by Gasteiger charge is -2.06. The first-order valence-electron chi connectivity index (χ1n) is 5.02. The molecule has 2 N–H and O–H groups in total. The molecule has 0 aromatic heterocycles. The quantitative estimate of drug-likeness (QED) is 0.441. The van der Waals surface area contributed by atoms with E-state index in [0.717, 1.165) is 6.20 Å². The predicted octanol–water partition coefficient (Wildman–Crippen LogP) is 2.52. The van der Waals surface area contributed by atoms with Crippen molar-refractivity contribution in [3.05, 3.63) is 46.6 Å². The van der Waals surface area contributed by atoms with Crippen LogP contribution in [0.15, 0.2) is 30.5 Å². The van der Waals surface area contributed by atoms with Crippen LogP contribution in [-0.2, 0) is 0 Å². The van der Waals surface area contributed by atoms with Crippen molar-refractivity contribution in [2.75, 3.05) is 0 Å². The van der Waals surface area contributed by atoms with Crippen LogP contribution in [0.5, 0.6) is 0 Å². The Labute approximate surface area is 99.8 Å². The second kappa shape index (κ2) is 5.16. The summed E-state index contributed by atoms with van der Waals surface area (Å²) in [5, 5.41) is 27.5. The summed E-state index contributed by atoms with van der Waals surface area (Å²) in [7, 11) is 0. The summed E-state index contributed by atoms with van der Waals surface area (Å²) in [4.78, 5) is 2.75. The number of aliphatic hydroxyl groups is 2. The third-order valence-electron chi connectivity index (χ3n) is 1.89. The van der Waals surface area contributed by atoms with E-state index in [9.17, 15) is 10.2 Å². The van der Waals surface area contributed by atoms with Crippen LogP contribution in [0, 0.1) is 17.2 Å².